The molecule has 0 saturated carbocycles. The molecular weight excluding hydrogens is 632 g/mol. The molecule has 2 saturated heterocycles. The summed E-state index contributed by atoms with van der Waals surface area (Å²) in [6.45, 7) is 10.3. The van der Waals surface area contributed by atoms with Crippen molar-refractivity contribution in [2.45, 2.75) is 122 Å². The molecule has 3 aliphatic heterocycles. The summed E-state index contributed by atoms with van der Waals surface area (Å²) in [4.78, 5) is 32.7. The number of nitrogens with zero attached hydrogens (tertiary/aromatic N) is 3. The first-order valence-electron chi connectivity index (χ1n) is 17.7. The second kappa shape index (κ2) is 15.8. The van der Waals surface area contributed by atoms with Crippen molar-refractivity contribution in [1.29, 1.82) is 0 Å². The maximum atomic E-state index is 12.9. The van der Waals surface area contributed by atoms with E-state index in [9.17, 15) is 24.9 Å². The van der Waals surface area contributed by atoms with Gasteiger partial charge in [-0.2, -0.15) is 0 Å². The van der Waals surface area contributed by atoms with Gasteiger partial charge in [-0.1, -0.05) is 39.0 Å². The number of aliphatic hydroxyl groups is 4. The third-order valence-corrected chi connectivity index (χ3v) is 10.8. The molecule has 11 atom stereocenters. The minimum Gasteiger partial charge on any atom is -0.462 e. The Balaban J connectivity index is 0.000000211. The van der Waals surface area contributed by atoms with E-state index in [-0.39, 0.29) is 49.6 Å². The summed E-state index contributed by atoms with van der Waals surface area (Å²) in [5, 5.41) is 41.6. The van der Waals surface area contributed by atoms with Crippen molar-refractivity contribution in [1.82, 2.24) is 9.55 Å². The lowest BCUT2D eigenvalue weighted by Gasteiger charge is -2.44. The van der Waals surface area contributed by atoms with E-state index in [1.54, 1.807) is 10.9 Å². The number of aliphatic imine (C=N–C) groups is 1. The number of allylic oxidation sites excluding steroid dienone is 3. The zero-order valence-corrected chi connectivity index (χ0v) is 29.3. The third kappa shape index (κ3) is 8.62. The van der Waals surface area contributed by atoms with Gasteiger partial charge in [0, 0.05) is 18.8 Å². The van der Waals surface area contributed by atoms with Crippen LogP contribution in [-0.2, 0) is 23.8 Å². The minimum absolute atomic E-state index is 0.0949. The third-order valence-electron chi connectivity index (χ3n) is 10.8. The van der Waals surface area contributed by atoms with Crippen molar-refractivity contribution < 1.29 is 44.2 Å². The molecule has 0 amide bonds. The van der Waals surface area contributed by atoms with Gasteiger partial charge in [-0.05, 0) is 62.9 Å². The van der Waals surface area contributed by atoms with Crippen LogP contribution in [0.2, 0.25) is 0 Å². The topological polar surface area (TPSA) is 185 Å². The van der Waals surface area contributed by atoms with Gasteiger partial charge in [0.25, 0.3) is 0 Å². The number of nitrogens with one attached hydrogen (secondary N) is 1. The van der Waals surface area contributed by atoms with Crippen molar-refractivity contribution in [3.63, 3.8) is 0 Å². The lowest BCUT2D eigenvalue weighted by Crippen LogP contribution is -2.43. The van der Waals surface area contributed by atoms with Gasteiger partial charge in [0.1, 0.15) is 42.2 Å². The number of fused-ring (bicyclic) bond motifs is 2. The number of aliphatic hydroxyl groups excluding tert-OH is 4. The van der Waals surface area contributed by atoms with Crippen LogP contribution >= 0.6 is 0 Å². The largest absolute Gasteiger partial charge is 0.462 e. The lowest BCUT2D eigenvalue weighted by molar-refractivity contribution is -0.166. The number of hydrogen-bond acceptors (Lipinski definition) is 12. The molecule has 2 aliphatic carbocycles. The molecule has 6 rings (SSSR count). The number of rotatable bonds is 8. The molecule has 5 N–H and O–H groups in total. The molecule has 49 heavy (non-hydrogen) atoms. The van der Waals surface area contributed by atoms with Crippen LogP contribution in [0.5, 0.6) is 0 Å². The van der Waals surface area contributed by atoms with Crippen LogP contribution in [-0.4, -0.2) is 91.9 Å². The predicted molar refractivity (Wildman–Crippen MR) is 181 cm³/mol. The van der Waals surface area contributed by atoms with E-state index in [4.69, 9.17) is 19.3 Å². The number of imidazole rings is 1. The normalized spacial score (nSPS) is 35.5. The second-order valence-corrected chi connectivity index (χ2v) is 14.9. The van der Waals surface area contributed by atoms with E-state index < -0.39 is 36.1 Å². The molecule has 4 heterocycles. The average Bonchev–Trinajstić information content (AvgIpc) is 3.59. The molecule has 0 radical (unpaired) electrons. The van der Waals surface area contributed by atoms with Gasteiger partial charge >= 0.3 is 11.9 Å². The Hall–Kier alpha value is -3.10. The zero-order chi connectivity index (χ0) is 35.5. The fourth-order valence-corrected chi connectivity index (χ4v) is 7.46. The average molecular weight is 687 g/mol. The number of aromatic nitrogens is 2. The summed E-state index contributed by atoms with van der Waals surface area (Å²) in [5.74, 6) is 1.38. The van der Waals surface area contributed by atoms with Crippen molar-refractivity contribution in [3.8, 4) is 0 Å². The highest BCUT2D eigenvalue weighted by Crippen LogP contribution is 2.46. The van der Waals surface area contributed by atoms with Crippen LogP contribution in [0.4, 0.5) is 5.82 Å². The Morgan fingerprint density at radius 3 is 2.63 bits per heavy atom. The predicted octanol–water partition coefficient (Wildman–Crippen LogP) is 3.60. The van der Waals surface area contributed by atoms with Crippen LogP contribution in [0.1, 0.15) is 97.6 Å². The summed E-state index contributed by atoms with van der Waals surface area (Å²) in [5.41, 5.74) is 1.29. The SMILES string of the molecule is CCC(C)(C)C(=O)O[C@H]1C[C@@H](C)C=C2C=C[C@H](C)[C@H](CC[C@@H]3C[C@@H](O)CC(=O)O3)[C@H]21.OC[C@H]1O[C@@H](n2cnc3c2NC=NC[C@H]3O)C[C@@H]1O. The smallest absolute Gasteiger partial charge is 0.311 e. The van der Waals surface area contributed by atoms with Crippen molar-refractivity contribution in [2.75, 3.05) is 18.5 Å². The summed E-state index contributed by atoms with van der Waals surface area (Å²) in [7, 11) is 0. The van der Waals surface area contributed by atoms with Gasteiger partial charge in [-0.15, -0.1) is 0 Å². The Labute approximate surface area is 288 Å². The van der Waals surface area contributed by atoms with Crippen molar-refractivity contribution in [2.24, 2.45) is 34.1 Å². The monoisotopic (exact) mass is 686 g/mol. The first kappa shape index (κ1) is 37.2. The van der Waals surface area contributed by atoms with Crippen molar-refractivity contribution >= 4 is 24.1 Å². The van der Waals surface area contributed by atoms with Gasteiger partial charge in [-0.25, -0.2) is 4.98 Å². The Morgan fingerprint density at radius 2 is 1.94 bits per heavy atom. The van der Waals surface area contributed by atoms with Gasteiger partial charge in [-0.3, -0.25) is 19.1 Å². The summed E-state index contributed by atoms with van der Waals surface area (Å²) < 4.78 is 18.9. The fraction of sp³-hybridized carbons (Fsp3) is 0.722. The van der Waals surface area contributed by atoms with Crippen LogP contribution in [0.15, 0.2) is 35.1 Å². The number of carbonyl (C=O) groups is 2. The van der Waals surface area contributed by atoms with Crippen LogP contribution < -0.4 is 5.32 Å². The Bertz CT molecular complexity index is 1410. The van der Waals surface area contributed by atoms with E-state index in [2.05, 4.69) is 47.4 Å². The summed E-state index contributed by atoms with van der Waals surface area (Å²) in [6, 6.07) is 0. The molecule has 1 aromatic rings. The molecule has 0 bridgehead atoms. The highest BCUT2D eigenvalue weighted by Gasteiger charge is 2.43. The van der Waals surface area contributed by atoms with E-state index in [1.165, 1.54) is 11.9 Å². The highest BCUT2D eigenvalue weighted by atomic mass is 16.6. The first-order chi connectivity index (χ1) is 23.3. The first-order valence-corrected chi connectivity index (χ1v) is 17.7. The minimum atomic E-state index is -0.762. The van der Waals surface area contributed by atoms with E-state index in [0.29, 0.717) is 42.1 Å². The van der Waals surface area contributed by atoms with Gasteiger partial charge in [0.2, 0.25) is 0 Å². The van der Waals surface area contributed by atoms with Crippen LogP contribution in [0.25, 0.3) is 0 Å². The fourth-order valence-electron chi connectivity index (χ4n) is 7.46. The molecule has 13 nitrogen and oxygen atoms in total. The maximum Gasteiger partial charge on any atom is 0.311 e. The Morgan fingerprint density at radius 1 is 1.16 bits per heavy atom. The molecule has 5 aliphatic rings. The molecule has 0 spiro atoms. The van der Waals surface area contributed by atoms with E-state index in [1.807, 2.05) is 20.8 Å². The Kier molecular flexibility index (Phi) is 12.0. The molecule has 0 unspecified atom stereocenters. The number of carbonyl (C=O) groups excluding carboxylic acids is 2. The molecular formula is C36H54N4O9. The molecule has 2 fully saturated rings. The number of cyclic esters (lactones) is 1. The van der Waals surface area contributed by atoms with Crippen molar-refractivity contribution in [3.05, 3.63) is 35.8 Å². The molecule has 1 aromatic heterocycles. The lowest BCUT2D eigenvalue weighted by atomic mass is 9.65. The molecule has 0 aromatic carbocycles. The summed E-state index contributed by atoms with van der Waals surface area (Å²) in [6.07, 6.45) is 10.5. The highest BCUT2D eigenvalue weighted by molar-refractivity contribution is 5.76. The molecule has 272 valence electrons. The van der Waals surface area contributed by atoms with E-state index in [0.717, 1.165) is 25.7 Å². The quantitative estimate of drug-likeness (QED) is 0.252. The number of hydrogen-bond donors (Lipinski definition) is 5. The standard InChI is InChI=1S/C25H38O5.C11H16N4O4/c1-6-25(4,5)24(28)30-21-12-15(2)11-17-8-7-16(3)20(23(17)21)10-9-19-13-18(26)14-22(27)29-19;16-3-8-6(17)1-9(19-8)15-5-14-10-7(18)2-12-4-13-11(10)15/h7-8,11,15-16,18-21,23,26H,6,9-10,12-14H2,1-5H3;4-9,16-18H,1-3H2,(H,12,13)/t15-,16-,18+,19+,20-,21-,23-;6-,7+,8+,9+/m00/s1. The zero-order valence-electron chi connectivity index (χ0n) is 29.3. The second-order valence-electron chi connectivity index (χ2n) is 14.9. The van der Waals surface area contributed by atoms with Crippen LogP contribution in [0, 0.1) is 29.1 Å². The summed E-state index contributed by atoms with van der Waals surface area (Å²) >= 11 is 0. The molecule has 13 heteroatoms. The number of anilines is 1. The number of ether oxygens (including phenoxy) is 3. The van der Waals surface area contributed by atoms with Crippen LogP contribution in [0.3, 0.4) is 0 Å². The van der Waals surface area contributed by atoms with Gasteiger partial charge in [0.05, 0.1) is 49.9 Å². The van der Waals surface area contributed by atoms with E-state index >= 15 is 0 Å². The van der Waals surface area contributed by atoms with Gasteiger partial charge < -0.3 is 40.0 Å². The maximum absolute atomic E-state index is 12.9. The van der Waals surface area contributed by atoms with Gasteiger partial charge in [0.15, 0.2) is 0 Å². The number of esters is 2.